The lowest BCUT2D eigenvalue weighted by Gasteiger charge is -2.18. The van der Waals surface area contributed by atoms with Crippen LogP contribution in [-0.2, 0) is 16.8 Å². The maximum absolute atomic E-state index is 13.3. The second-order valence-electron chi connectivity index (χ2n) is 9.38. The third-order valence-corrected chi connectivity index (χ3v) is 6.45. The van der Waals surface area contributed by atoms with Crippen molar-refractivity contribution in [3.05, 3.63) is 106 Å². The first-order valence-electron chi connectivity index (χ1n) is 11.5. The van der Waals surface area contributed by atoms with E-state index >= 15 is 0 Å². The summed E-state index contributed by atoms with van der Waals surface area (Å²) in [4.78, 5) is 15.5. The zero-order valence-electron chi connectivity index (χ0n) is 20.4. The quantitative estimate of drug-likeness (QED) is 0.213. The van der Waals surface area contributed by atoms with Crippen molar-refractivity contribution in [3.63, 3.8) is 0 Å². The minimum Gasteiger partial charge on any atom is -0.467 e. The molecule has 1 aliphatic heterocycles. The Morgan fingerprint density at radius 1 is 1.00 bits per heavy atom. The van der Waals surface area contributed by atoms with Gasteiger partial charge in [0.05, 0.1) is 23.9 Å². The van der Waals surface area contributed by atoms with E-state index in [1.54, 1.807) is 17.4 Å². The van der Waals surface area contributed by atoms with Gasteiger partial charge in [-0.25, -0.2) is 0 Å². The lowest BCUT2D eigenvalue weighted by molar-refractivity contribution is -0.122. The van der Waals surface area contributed by atoms with E-state index in [2.05, 4.69) is 43.1 Å². The molecular weight excluding hydrogens is 454 g/mol. The highest BCUT2D eigenvalue weighted by molar-refractivity contribution is 8.18. The van der Waals surface area contributed by atoms with Gasteiger partial charge in [0.2, 0.25) is 0 Å². The third-order valence-electron chi connectivity index (χ3n) is 5.46. The number of furan rings is 1. The molecule has 1 aromatic heterocycles. The Morgan fingerprint density at radius 3 is 2.40 bits per heavy atom. The van der Waals surface area contributed by atoms with Crippen LogP contribution in [-0.4, -0.2) is 22.2 Å². The highest BCUT2D eigenvalue weighted by Crippen LogP contribution is 2.34. The number of carbonyl (C=O) groups excluding carboxylic acids is 1. The summed E-state index contributed by atoms with van der Waals surface area (Å²) >= 11 is 1.32. The molecule has 1 saturated heterocycles. The molecule has 178 valence electrons. The fourth-order valence-electron chi connectivity index (χ4n) is 3.53. The van der Waals surface area contributed by atoms with Gasteiger partial charge in [-0.3, -0.25) is 9.69 Å². The summed E-state index contributed by atoms with van der Waals surface area (Å²) in [6.45, 7) is 8.82. The molecular formula is C29H29N3O2S. The minimum atomic E-state index is -0.114. The fourth-order valence-corrected chi connectivity index (χ4v) is 4.46. The van der Waals surface area contributed by atoms with E-state index in [1.807, 2.05) is 73.7 Å². The van der Waals surface area contributed by atoms with Crippen LogP contribution in [0.2, 0.25) is 0 Å². The van der Waals surface area contributed by atoms with Gasteiger partial charge in [-0.15, -0.1) is 5.10 Å². The molecule has 0 unspecified atom stereocenters. The molecule has 6 heteroatoms. The number of thioether (sulfide) groups is 1. The van der Waals surface area contributed by atoms with Gasteiger partial charge >= 0.3 is 0 Å². The van der Waals surface area contributed by atoms with Gasteiger partial charge in [0, 0.05) is 0 Å². The summed E-state index contributed by atoms with van der Waals surface area (Å²) in [5.41, 5.74) is 4.35. The van der Waals surface area contributed by atoms with Crippen molar-refractivity contribution in [2.45, 2.75) is 39.7 Å². The van der Waals surface area contributed by atoms with E-state index < -0.39 is 0 Å². The Bertz CT molecular complexity index is 1280. The average molecular weight is 484 g/mol. The van der Waals surface area contributed by atoms with Gasteiger partial charge in [0.25, 0.3) is 5.91 Å². The van der Waals surface area contributed by atoms with Crippen LogP contribution in [0.3, 0.4) is 0 Å². The molecule has 3 aromatic rings. The number of amides is 1. The molecule has 2 aromatic carbocycles. The van der Waals surface area contributed by atoms with E-state index in [1.165, 1.54) is 17.3 Å². The van der Waals surface area contributed by atoms with Crippen molar-refractivity contribution >= 4 is 41.2 Å². The number of hydrogen-bond acceptors (Lipinski definition) is 5. The SMILES string of the molecule is CC(/C=N\N=C1\S/C(=C\c2ccc(C(C)(C)C)cc2)C(=O)N1Cc1ccco1)=C\c1ccccc1. The molecule has 0 aliphatic carbocycles. The molecule has 0 atom stereocenters. The molecule has 1 amide bonds. The number of allylic oxidation sites excluding steroid dienone is 1. The average Bonchev–Trinajstić information content (AvgIpc) is 3.44. The second-order valence-corrected chi connectivity index (χ2v) is 10.4. The van der Waals surface area contributed by atoms with Crippen LogP contribution >= 0.6 is 11.8 Å². The normalized spacial score (nSPS) is 17.3. The summed E-state index contributed by atoms with van der Waals surface area (Å²) in [7, 11) is 0. The largest absolute Gasteiger partial charge is 0.467 e. The second kappa shape index (κ2) is 10.7. The minimum absolute atomic E-state index is 0.0777. The van der Waals surface area contributed by atoms with Crippen molar-refractivity contribution in [2.75, 3.05) is 0 Å². The molecule has 0 N–H and O–H groups in total. The van der Waals surface area contributed by atoms with Gasteiger partial charge in [-0.2, -0.15) is 5.10 Å². The molecule has 0 bridgehead atoms. The van der Waals surface area contributed by atoms with Crippen LogP contribution in [0.4, 0.5) is 0 Å². The smallest absolute Gasteiger partial charge is 0.267 e. The number of rotatable bonds is 6. The van der Waals surface area contributed by atoms with Crippen LogP contribution in [0, 0.1) is 0 Å². The highest BCUT2D eigenvalue weighted by Gasteiger charge is 2.34. The number of amidine groups is 1. The summed E-state index contributed by atoms with van der Waals surface area (Å²) in [5.74, 6) is 0.573. The van der Waals surface area contributed by atoms with Crippen molar-refractivity contribution in [3.8, 4) is 0 Å². The molecule has 35 heavy (non-hydrogen) atoms. The van der Waals surface area contributed by atoms with Gasteiger partial charge in [-0.1, -0.05) is 81.4 Å². The molecule has 0 spiro atoms. The first kappa shape index (κ1) is 24.5. The first-order chi connectivity index (χ1) is 16.8. The monoisotopic (exact) mass is 483 g/mol. The summed E-state index contributed by atoms with van der Waals surface area (Å²) in [6.07, 6.45) is 7.23. The summed E-state index contributed by atoms with van der Waals surface area (Å²) in [5, 5.41) is 9.17. The maximum atomic E-state index is 13.3. The molecule has 2 heterocycles. The summed E-state index contributed by atoms with van der Waals surface area (Å²) < 4.78 is 5.47. The topological polar surface area (TPSA) is 58.2 Å². The number of hydrogen-bond donors (Lipinski definition) is 0. The van der Waals surface area contributed by atoms with Gasteiger partial charge < -0.3 is 4.42 Å². The Kier molecular flexibility index (Phi) is 7.51. The molecule has 1 aliphatic rings. The van der Waals surface area contributed by atoms with Gasteiger partial charge in [0.1, 0.15) is 5.76 Å². The van der Waals surface area contributed by atoms with E-state index in [0.29, 0.717) is 22.4 Å². The number of nitrogens with zero attached hydrogens (tertiary/aromatic N) is 3. The predicted molar refractivity (Wildman–Crippen MR) is 146 cm³/mol. The zero-order valence-corrected chi connectivity index (χ0v) is 21.3. The van der Waals surface area contributed by atoms with Crippen molar-refractivity contribution in [1.29, 1.82) is 0 Å². The van der Waals surface area contributed by atoms with E-state index in [9.17, 15) is 4.79 Å². The Balaban J connectivity index is 1.57. The van der Waals surface area contributed by atoms with Gasteiger partial charge in [-0.05, 0) is 64.6 Å². The number of benzene rings is 2. The Morgan fingerprint density at radius 2 is 1.74 bits per heavy atom. The molecule has 1 fully saturated rings. The Labute approximate surface area is 211 Å². The lowest BCUT2D eigenvalue weighted by atomic mass is 9.87. The van der Waals surface area contributed by atoms with Gasteiger partial charge in [0.15, 0.2) is 5.17 Å². The summed E-state index contributed by atoms with van der Waals surface area (Å²) in [6, 6.07) is 22.0. The highest BCUT2D eigenvalue weighted by atomic mass is 32.2. The lowest BCUT2D eigenvalue weighted by Crippen LogP contribution is -2.28. The number of carbonyl (C=O) groups is 1. The van der Waals surface area contributed by atoms with Crippen molar-refractivity contribution in [2.24, 2.45) is 10.2 Å². The third kappa shape index (κ3) is 6.49. The van der Waals surface area contributed by atoms with Crippen LogP contribution in [0.25, 0.3) is 12.2 Å². The van der Waals surface area contributed by atoms with Crippen molar-refractivity contribution < 1.29 is 9.21 Å². The van der Waals surface area contributed by atoms with Crippen LogP contribution in [0.15, 0.2) is 98.1 Å². The first-order valence-corrected chi connectivity index (χ1v) is 12.3. The zero-order chi connectivity index (χ0) is 24.8. The van der Waals surface area contributed by atoms with E-state index in [-0.39, 0.29) is 11.3 Å². The predicted octanol–water partition coefficient (Wildman–Crippen LogP) is 7.14. The maximum Gasteiger partial charge on any atom is 0.267 e. The van der Waals surface area contributed by atoms with Crippen molar-refractivity contribution in [1.82, 2.24) is 4.90 Å². The van der Waals surface area contributed by atoms with Crippen LogP contribution < -0.4 is 0 Å². The molecule has 0 radical (unpaired) electrons. The fraction of sp³-hybridized carbons (Fsp3) is 0.207. The van der Waals surface area contributed by atoms with Crippen LogP contribution in [0.1, 0.15) is 50.1 Å². The molecule has 0 saturated carbocycles. The standard InChI is InChI=1S/C29H29N3O2S/c1-21(17-22-9-6-5-7-10-22)19-30-31-28-32(20-25-11-8-16-34-25)27(33)26(35-28)18-23-12-14-24(15-13-23)29(2,3)4/h5-19H,20H2,1-4H3/b21-17+,26-18-,30-19-,31-28+. The van der Waals surface area contributed by atoms with E-state index in [0.717, 1.165) is 16.7 Å². The Hall–Kier alpha value is -3.64. The molecule has 4 rings (SSSR count). The van der Waals surface area contributed by atoms with E-state index in [4.69, 9.17) is 4.42 Å². The van der Waals surface area contributed by atoms with Crippen LogP contribution in [0.5, 0.6) is 0 Å². The molecule has 5 nitrogen and oxygen atoms in total.